The summed E-state index contributed by atoms with van der Waals surface area (Å²) in [5.74, 6) is 1.74. The van der Waals surface area contributed by atoms with Crippen molar-refractivity contribution in [3.05, 3.63) is 78.4 Å². The molecule has 3 aromatic heterocycles. The number of hydrogen-bond donors (Lipinski definition) is 0. The molecule has 1 aromatic carbocycles. The van der Waals surface area contributed by atoms with Crippen molar-refractivity contribution in [2.45, 2.75) is 19.8 Å². The van der Waals surface area contributed by atoms with Crippen molar-refractivity contribution in [1.82, 2.24) is 20.2 Å². The molecular weight excluding hydrogens is 352 g/mol. The molecule has 6 nitrogen and oxygen atoms in total. The van der Waals surface area contributed by atoms with E-state index < -0.39 is 0 Å². The summed E-state index contributed by atoms with van der Waals surface area (Å²) in [5, 5.41) is 8.22. The van der Waals surface area contributed by atoms with Crippen molar-refractivity contribution in [3.63, 3.8) is 0 Å². The molecule has 0 fully saturated rings. The maximum Gasteiger partial charge on any atom is 0.248 e. The second-order valence-electron chi connectivity index (χ2n) is 6.28. The lowest BCUT2D eigenvalue weighted by atomic mass is 10.2. The lowest BCUT2D eigenvalue weighted by Crippen LogP contribution is -2.03. The molecule has 4 aromatic rings. The lowest BCUT2D eigenvalue weighted by Gasteiger charge is -2.06. The zero-order valence-electron chi connectivity index (χ0n) is 15.6. The molecule has 6 heteroatoms. The van der Waals surface area contributed by atoms with E-state index in [1.165, 1.54) is 5.56 Å². The van der Waals surface area contributed by atoms with Crippen LogP contribution >= 0.6 is 0 Å². The molecule has 28 heavy (non-hydrogen) atoms. The van der Waals surface area contributed by atoms with Crippen LogP contribution in [-0.2, 0) is 12.8 Å². The number of ether oxygens (including phenoxy) is 1. The lowest BCUT2D eigenvalue weighted by molar-refractivity contribution is 0.320. The Morgan fingerprint density at radius 3 is 2.21 bits per heavy atom. The Morgan fingerprint density at radius 1 is 0.857 bits per heavy atom. The molecule has 0 aliphatic rings. The molecule has 0 radical (unpaired) electrons. The van der Waals surface area contributed by atoms with Crippen LogP contribution in [0.4, 0.5) is 0 Å². The summed E-state index contributed by atoms with van der Waals surface area (Å²) >= 11 is 0. The Morgan fingerprint density at radius 2 is 1.57 bits per heavy atom. The van der Waals surface area contributed by atoms with Crippen molar-refractivity contribution in [2.24, 2.45) is 0 Å². The summed E-state index contributed by atoms with van der Waals surface area (Å²) in [5.41, 5.74) is 3.96. The van der Waals surface area contributed by atoms with E-state index in [0.29, 0.717) is 18.4 Å². The molecule has 0 aliphatic heterocycles. The van der Waals surface area contributed by atoms with Crippen LogP contribution in [-0.4, -0.2) is 26.8 Å². The van der Waals surface area contributed by atoms with E-state index in [0.717, 1.165) is 35.4 Å². The largest absolute Gasteiger partial charge is 0.493 e. The molecule has 0 amide bonds. The van der Waals surface area contributed by atoms with E-state index in [1.54, 1.807) is 12.4 Å². The first-order chi connectivity index (χ1) is 13.8. The Bertz CT molecular complexity index is 1010. The van der Waals surface area contributed by atoms with Gasteiger partial charge in [-0.05, 0) is 54.4 Å². The fourth-order valence-corrected chi connectivity index (χ4v) is 2.73. The van der Waals surface area contributed by atoms with Gasteiger partial charge in [0.25, 0.3) is 0 Å². The number of hydrogen-bond acceptors (Lipinski definition) is 6. The van der Waals surface area contributed by atoms with Crippen LogP contribution < -0.4 is 4.74 Å². The topological polar surface area (TPSA) is 73.9 Å². The molecule has 3 heterocycles. The number of nitrogens with zero attached hydrogens (tertiary/aromatic N) is 4. The fraction of sp³-hybridized carbons (Fsp3) is 0.182. The minimum absolute atomic E-state index is 0.471. The maximum absolute atomic E-state index is 5.82. The van der Waals surface area contributed by atoms with E-state index >= 15 is 0 Å². The highest BCUT2D eigenvalue weighted by atomic mass is 16.5. The van der Waals surface area contributed by atoms with Gasteiger partial charge in [0.2, 0.25) is 11.8 Å². The number of benzene rings is 1. The summed E-state index contributed by atoms with van der Waals surface area (Å²) in [7, 11) is 0. The Balaban J connectivity index is 1.35. The van der Waals surface area contributed by atoms with E-state index in [-0.39, 0.29) is 0 Å². The first-order valence-electron chi connectivity index (χ1n) is 9.23. The van der Waals surface area contributed by atoms with Gasteiger partial charge in [0.05, 0.1) is 6.61 Å². The van der Waals surface area contributed by atoms with Crippen LogP contribution in [0.3, 0.4) is 0 Å². The minimum atomic E-state index is 0.471. The van der Waals surface area contributed by atoms with Gasteiger partial charge >= 0.3 is 0 Å². The average molecular weight is 372 g/mol. The van der Waals surface area contributed by atoms with Crippen molar-refractivity contribution < 1.29 is 9.15 Å². The van der Waals surface area contributed by atoms with Gasteiger partial charge in [0.1, 0.15) is 5.75 Å². The summed E-state index contributed by atoms with van der Waals surface area (Å²) in [6.07, 6.45) is 7.08. The van der Waals surface area contributed by atoms with E-state index in [4.69, 9.17) is 9.15 Å². The summed E-state index contributed by atoms with van der Waals surface area (Å²) < 4.78 is 11.6. The number of aromatic nitrogens is 4. The Kier molecular flexibility index (Phi) is 5.38. The zero-order chi connectivity index (χ0) is 19.2. The summed E-state index contributed by atoms with van der Waals surface area (Å²) in [4.78, 5) is 8.44. The van der Waals surface area contributed by atoms with Crippen LogP contribution in [0.2, 0.25) is 0 Å². The monoisotopic (exact) mass is 372 g/mol. The molecule has 140 valence electrons. The second kappa shape index (κ2) is 8.43. The molecular formula is C22H20N4O2. The molecule has 4 rings (SSSR count). The van der Waals surface area contributed by atoms with Crippen LogP contribution in [0.15, 0.2) is 71.5 Å². The first kappa shape index (κ1) is 17.9. The van der Waals surface area contributed by atoms with Crippen molar-refractivity contribution in [3.8, 4) is 28.7 Å². The second-order valence-corrected chi connectivity index (χ2v) is 6.28. The van der Waals surface area contributed by atoms with Crippen LogP contribution in [0.25, 0.3) is 22.9 Å². The third-order valence-electron chi connectivity index (χ3n) is 4.37. The molecule has 0 N–H and O–H groups in total. The molecule has 0 atom stereocenters. The molecule has 0 saturated carbocycles. The van der Waals surface area contributed by atoms with Gasteiger partial charge in [-0.2, -0.15) is 0 Å². The SMILES string of the molecule is CCc1ccc(CCOc2ccc(-c3nnc(-c4ccncc4)o3)cc2)nc1. The molecule has 0 unspecified atom stereocenters. The third-order valence-corrected chi connectivity index (χ3v) is 4.37. The number of aryl methyl sites for hydroxylation is 1. The quantitative estimate of drug-likeness (QED) is 0.479. The van der Waals surface area contributed by atoms with Crippen molar-refractivity contribution >= 4 is 0 Å². The third kappa shape index (κ3) is 4.23. The summed E-state index contributed by atoms with van der Waals surface area (Å²) in [6.45, 7) is 2.70. The van der Waals surface area contributed by atoms with Gasteiger partial charge < -0.3 is 9.15 Å². The zero-order valence-corrected chi connectivity index (χ0v) is 15.6. The van der Waals surface area contributed by atoms with Crippen LogP contribution in [0, 0.1) is 0 Å². The van der Waals surface area contributed by atoms with Crippen molar-refractivity contribution in [2.75, 3.05) is 6.61 Å². The predicted octanol–water partition coefficient (Wildman–Crippen LogP) is 4.38. The Hall–Kier alpha value is -3.54. The smallest absolute Gasteiger partial charge is 0.248 e. The minimum Gasteiger partial charge on any atom is -0.493 e. The standard InChI is InChI=1S/C22H20N4O2/c1-2-16-3-6-19(24-15-16)11-14-27-20-7-4-17(5-8-20)21-25-26-22(28-21)18-9-12-23-13-10-18/h3-10,12-13,15H,2,11,14H2,1H3. The predicted molar refractivity (Wildman–Crippen MR) is 106 cm³/mol. The van der Waals surface area contributed by atoms with Crippen LogP contribution in [0.1, 0.15) is 18.2 Å². The normalized spacial score (nSPS) is 10.8. The maximum atomic E-state index is 5.82. The van der Waals surface area contributed by atoms with Gasteiger partial charge in [-0.3, -0.25) is 9.97 Å². The molecule has 0 aliphatic carbocycles. The highest BCUT2D eigenvalue weighted by Gasteiger charge is 2.10. The Labute approximate surface area is 163 Å². The highest BCUT2D eigenvalue weighted by molar-refractivity contribution is 5.58. The number of rotatable bonds is 7. The highest BCUT2D eigenvalue weighted by Crippen LogP contribution is 2.25. The first-order valence-corrected chi connectivity index (χ1v) is 9.23. The van der Waals surface area contributed by atoms with Gasteiger partial charge in [-0.25, -0.2) is 0 Å². The average Bonchev–Trinajstić information content (AvgIpc) is 3.26. The van der Waals surface area contributed by atoms with Crippen molar-refractivity contribution in [1.29, 1.82) is 0 Å². The van der Waals surface area contributed by atoms with E-state index in [9.17, 15) is 0 Å². The van der Waals surface area contributed by atoms with Gasteiger partial charge in [0, 0.05) is 41.8 Å². The molecule has 0 bridgehead atoms. The summed E-state index contributed by atoms with van der Waals surface area (Å²) in [6, 6.07) is 15.5. The van der Waals surface area contributed by atoms with Gasteiger partial charge in [-0.1, -0.05) is 13.0 Å². The molecule has 0 saturated heterocycles. The molecule has 0 spiro atoms. The van der Waals surface area contributed by atoms with Gasteiger partial charge in [-0.15, -0.1) is 10.2 Å². The fourth-order valence-electron chi connectivity index (χ4n) is 2.73. The number of pyridine rings is 2. The van der Waals surface area contributed by atoms with Gasteiger partial charge in [0.15, 0.2) is 0 Å². The van der Waals surface area contributed by atoms with E-state index in [1.807, 2.05) is 42.6 Å². The van der Waals surface area contributed by atoms with Crippen LogP contribution in [0.5, 0.6) is 5.75 Å². The van der Waals surface area contributed by atoms with E-state index in [2.05, 4.69) is 39.2 Å².